The molecule has 0 fully saturated rings. The predicted octanol–water partition coefficient (Wildman–Crippen LogP) is 0.759. The fraction of sp³-hybridized carbons (Fsp3) is 0.467. The van der Waals surface area contributed by atoms with Crippen LogP contribution in [0.25, 0.3) is 0 Å². The van der Waals surface area contributed by atoms with Crippen LogP contribution < -0.4 is 10.1 Å². The Bertz CT molecular complexity index is 473. The van der Waals surface area contributed by atoms with E-state index in [9.17, 15) is 9.59 Å². The van der Waals surface area contributed by atoms with Gasteiger partial charge < -0.3 is 15.2 Å². The number of likely N-dealkylation sites (N-methyl/N-ethyl adjacent to an activating group) is 1. The first-order chi connectivity index (χ1) is 9.93. The van der Waals surface area contributed by atoms with Crippen LogP contribution in [0.3, 0.4) is 0 Å². The molecule has 0 aromatic heterocycles. The molecule has 6 heteroatoms. The summed E-state index contributed by atoms with van der Waals surface area (Å²) in [7, 11) is 3.23. The third-order valence-electron chi connectivity index (χ3n) is 3.31. The van der Waals surface area contributed by atoms with Crippen LogP contribution in [0.1, 0.15) is 12.5 Å². The second kappa shape index (κ2) is 8.26. The van der Waals surface area contributed by atoms with Crippen LogP contribution in [0.5, 0.6) is 5.75 Å². The first-order valence-electron chi connectivity index (χ1n) is 6.76. The summed E-state index contributed by atoms with van der Waals surface area (Å²) in [5, 5.41) is 11.6. The average Bonchev–Trinajstić information content (AvgIpc) is 2.46. The quantitative estimate of drug-likeness (QED) is 0.740. The number of carbonyl (C=O) groups is 2. The van der Waals surface area contributed by atoms with Crippen LogP contribution in [0.2, 0.25) is 0 Å². The average molecular weight is 294 g/mol. The summed E-state index contributed by atoms with van der Waals surface area (Å²) in [4.78, 5) is 24.0. The Labute approximate surface area is 124 Å². The van der Waals surface area contributed by atoms with Gasteiger partial charge in [-0.15, -0.1) is 0 Å². The van der Waals surface area contributed by atoms with E-state index in [4.69, 9.17) is 9.84 Å². The van der Waals surface area contributed by atoms with E-state index < -0.39 is 12.0 Å². The molecule has 0 spiro atoms. The molecule has 21 heavy (non-hydrogen) atoms. The van der Waals surface area contributed by atoms with Gasteiger partial charge in [-0.2, -0.15) is 0 Å². The Morgan fingerprint density at radius 1 is 1.33 bits per heavy atom. The number of aliphatic carboxylic acids is 1. The van der Waals surface area contributed by atoms with E-state index in [0.29, 0.717) is 13.0 Å². The van der Waals surface area contributed by atoms with Crippen molar-refractivity contribution in [1.29, 1.82) is 0 Å². The van der Waals surface area contributed by atoms with Gasteiger partial charge in [-0.05, 0) is 38.1 Å². The summed E-state index contributed by atoms with van der Waals surface area (Å²) in [6.07, 6.45) is 0.716. The number of carboxylic acid groups (broad SMARTS) is 1. The maximum atomic E-state index is 11.7. The lowest BCUT2D eigenvalue weighted by Gasteiger charge is -2.20. The first kappa shape index (κ1) is 17.0. The summed E-state index contributed by atoms with van der Waals surface area (Å²) >= 11 is 0. The van der Waals surface area contributed by atoms with Crippen molar-refractivity contribution in [3.05, 3.63) is 29.8 Å². The number of carbonyl (C=O) groups excluding carboxylic acids is 1. The summed E-state index contributed by atoms with van der Waals surface area (Å²) in [6, 6.07) is 6.96. The largest absolute Gasteiger partial charge is 0.497 e. The number of benzene rings is 1. The lowest BCUT2D eigenvalue weighted by Crippen LogP contribution is -2.43. The lowest BCUT2D eigenvalue weighted by atomic mass is 10.1. The topological polar surface area (TPSA) is 78.9 Å². The van der Waals surface area contributed by atoms with E-state index in [2.05, 4.69) is 5.32 Å². The second-order valence-electron chi connectivity index (χ2n) is 4.88. The maximum Gasteiger partial charge on any atom is 0.320 e. The Hall–Kier alpha value is -2.08. The van der Waals surface area contributed by atoms with E-state index >= 15 is 0 Å². The normalized spacial score (nSPS) is 12.0. The van der Waals surface area contributed by atoms with E-state index in [1.54, 1.807) is 21.1 Å². The van der Waals surface area contributed by atoms with Crippen molar-refractivity contribution < 1.29 is 19.4 Å². The van der Waals surface area contributed by atoms with Gasteiger partial charge in [0.05, 0.1) is 13.7 Å². The number of nitrogens with zero attached hydrogens (tertiary/aromatic N) is 1. The summed E-state index contributed by atoms with van der Waals surface area (Å²) in [6.45, 7) is 2.13. The highest BCUT2D eigenvalue weighted by Gasteiger charge is 2.18. The molecular weight excluding hydrogens is 272 g/mol. The molecule has 1 aromatic rings. The van der Waals surface area contributed by atoms with Crippen LogP contribution in [-0.4, -0.2) is 55.2 Å². The van der Waals surface area contributed by atoms with Crippen molar-refractivity contribution in [2.75, 3.05) is 27.2 Å². The SMILES string of the molecule is COc1ccc(CCNC(=O)CN(C)C(C)C(=O)O)cc1. The number of hydrogen-bond donors (Lipinski definition) is 2. The molecule has 0 aliphatic heterocycles. The van der Waals surface area contributed by atoms with Crippen LogP contribution >= 0.6 is 0 Å². The molecule has 0 saturated heterocycles. The minimum absolute atomic E-state index is 0.0656. The van der Waals surface area contributed by atoms with Crippen molar-refractivity contribution in [3.8, 4) is 5.75 Å². The van der Waals surface area contributed by atoms with Crippen molar-refractivity contribution >= 4 is 11.9 Å². The van der Waals surface area contributed by atoms with Crippen molar-refractivity contribution in [2.45, 2.75) is 19.4 Å². The van der Waals surface area contributed by atoms with E-state index in [-0.39, 0.29) is 12.5 Å². The molecular formula is C15H22N2O4. The lowest BCUT2D eigenvalue weighted by molar-refractivity contribution is -0.142. The summed E-state index contributed by atoms with van der Waals surface area (Å²) < 4.78 is 5.07. The number of carboxylic acids is 1. The maximum absolute atomic E-state index is 11.7. The zero-order valence-electron chi connectivity index (χ0n) is 12.6. The molecule has 6 nitrogen and oxygen atoms in total. The Morgan fingerprint density at radius 3 is 2.48 bits per heavy atom. The highest BCUT2D eigenvalue weighted by atomic mass is 16.5. The third-order valence-corrected chi connectivity index (χ3v) is 3.31. The Kier molecular flexibility index (Phi) is 6.68. The molecule has 1 rings (SSSR count). The molecule has 2 N–H and O–H groups in total. The van der Waals surface area contributed by atoms with E-state index in [1.165, 1.54) is 4.90 Å². The van der Waals surface area contributed by atoms with Gasteiger partial charge in [0, 0.05) is 6.54 Å². The summed E-state index contributed by atoms with van der Waals surface area (Å²) in [5.74, 6) is -0.324. The third kappa shape index (κ3) is 5.83. The standard InChI is InChI=1S/C15H22N2O4/c1-11(15(19)20)17(2)10-14(18)16-9-8-12-4-6-13(21-3)7-5-12/h4-7,11H,8-10H2,1-3H3,(H,16,18)(H,19,20). The van der Waals surface area contributed by atoms with Gasteiger partial charge in [-0.3, -0.25) is 14.5 Å². The zero-order valence-corrected chi connectivity index (χ0v) is 12.6. The van der Waals surface area contributed by atoms with Crippen molar-refractivity contribution in [2.24, 2.45) is 0 Å². The highest BCUT2D eigenvalue weighted by Crippen LogP contribution is 2.11. The number of rotatable bonds is 8. The van der Waals surface area contributed by atoms with Gasteiger partial charge in [0.1, 0.15) is 11.8 Å². The van der Waals surface area contributed by atoms with E-state index in [0.717, 1.165) is 11.3 Å². The molecule has 1 atom stereocenters. The van der Waals surface area contributed by atoms with Gasteiger partial charge >= 0.3 is 5.97 Å². The molecule has 1 aromatic carbocycles. The van der Waals surface area contributed by atoms with Crippen molar-refractivity contribution in [1.82, 2.24) is 10.2 Å². The molecule has 0 radical (unpaired) electrons. The van der Waals surface area contributed by atoms with Crippen LogP contribution in [0.4, 0.5) is 0 Å². The van der Waals surface area contributed by atoms with Gasteiger partial charge in [0.2, 0.25) is 5.91 Å². The molecule has 116 valence electrons. The molecule has 1 amide bonds. The monoisotopic (exact) mass is 294 g/mol. The first-order valence-corrected chi connectivity index (χ1v) is 6.76. The molecule has 0 aliphatic carbocycles. The molecule has 0 saturated carbocycles. The number of hydrogen-bond acceptors (Lipinski definition) is 4. The minimum Gasteiger partial charge on any atom is -0.497 e. The van der Waals surface area contributed by atoms with Crippen LogP contribution in [0.15, 0.2) is 24.3 Å². The predicted molar refractivity (Wildman–Crippen MR) is 79.4 cm³/mol. The smallest absolute Gasteiger partial charge is 0.320 e. The fourth-order valence-corrected chi connectivity index (χ4v) is 1.75. The molecule has 0 heterocycles. The van der Waals surface area contributed by atoms with Crippen molar-refractivity contribution in [3.63, 3.8) is 0 Å². The number of methoxy groups -OCH3 is 1. The zero-order chi connectivity index (χ0) is 15.8. The molecule has 0 bridgehead atoms. The van der Waals surface area contributed by atoms with Crippen LogP contribution in [-0.2, 0) is 16.0 Å². The Morgan fingerprint density at radius 2 is 1.95 bits per heavy atom. The summed E-state index contributed by atoms with van der Waals surface area (Å²) in [5.41, 5.74) is 1.10. The Balaban J connectivity index is 2.31. The van der Waals surface area contributed by atoms with Gasteiger partial charge in [0.25, 0.3) is 0 Å². The van der Waals surface area contributed by atoms with Crippen LogP contribution in [0, 0.1) is 0 Å². The number of ether oxygens (including phenoxy) is 1. The van der Waals surface area contributed by atoms with Gasteiger partial charge in [-0.1, -0.05) is 12.1 Å². The van der Waals surface area contributed by atoms with E-state index in [1.807, 2.05) is 24.3 Å². The van der Waals surface area contributed by atoms with Gasteiger partial charge in [-0.25, -0.2) is 0 Å². The van der Waals surface area contributed by atoms with Gasteiger partial charge in [0.15, 0.2) is 0 Å². The number of nitrogens with one attached hydrogen (secondary N) is 1. The molecule has 1 unspecified atom stereocenters. The number of amides is 1. The second-order valence-corrected chi connectivity index (χ2v) is 4.88. The minimum atomic E-state index is -0.941. The highest BCUT2D eigenvalue weighted by molar-refractivity contribution is 5.79. The molecule has 0 aliphatic rings. The fourth-order valence-electron chi connectivity index (χ4n) is 1.75.